The molecule has 29 heavy (non-hydrogen) atoms. The van der Waals surface area contributed by atoms with E-state index < -0.39 is 41.3 Å². The van der Waals surface area contributed by atoms with E-state index in [4.69, 9.17) is 0 Å². The molecule has 0 saturated heterocycles. The van der Waals surface area contributed by atoms with Crippen LogP contribution >= 0.6 is 15.9 Å². The number of hydrogen-bond donors (Lipinski definition) is 0. The minimum Gasteiger partial charge on any atom is -0.431 e. The Kier molecular flexibility index (Phi) is 4.56. The van der Waals surface area contributed by atoms with Gasteiger partial charge in [-0.15, -0.1) is 0 Å². The lowest BCUT2D eigenvalue weighted by Crippen LogP contribution is -2.38. The predicted octanol–water partition coefficient (Wildman–Crippen LogP) is 5.06. The molecule has 2 aliphatic heterocycles. The number of ketones is 1. The van der Waals surface area contributed by atoms with Gasteiger partial charge in [0.1, 0.15) is 11.4 Å². The van der Waals surface area contributed by atoms with E-state index >= 15 is 0 Å². The fourth-order valence-electron chi connectivity index (χ4n) is 3.78. The lowest BCUT2D eigenvalue weighted by molar-refractivity contribution is -0.0981. The molecule has 2 heterocycles. The first-order valence-electron chi connectivity index (χ1n) is 8.36. The molecule has 0 radical (unpaired) electrons. The number of benzene rings is 1. The summed E-state index contributed by atoms with van der Waals surface area (Å²) in [6.45, 7) is -3.53. The number of ether oxygens (including phenoxy) is 1. The van der Waals surface area contributed by atoms with E-state index in [9.17, 15) is 31.1 Å². The summed E-state index contributed by atoms with van der Waals surface area (Å²) in [6, 6.07) is 2.84. The van der Waals surface area contributed by atoms with Crippen LogP contribution in [0.5, 0.6) is 0 Å². The van der Waals surface area contributed by atoms with Crippen molar-refractivity contribution in [2.45, 2.75) is 31.2 Å². The van der Waals surface area contributed by atoms with Gasteiger partial charge in [-0.05, 0) is 40.1 Å². The van der Waals surface area contributed by atoms with Crippen molar-refractivity contribution in [2.24, 2.45) is 4.99 Å². The summed E-state index contributed by atoms with van der Waals surface area (Å²) in [4.78, 5) is 17.7. The number of halogens is 7. The largest absolute Gasteiger partial charge is 0.431 e. The molecule has 11 heteroatoms. The molecule has 1 spiro atoms. The number of amidine groups is 1. The highest BCUT2D eigenvalue weighted by Gasteiger charge is 2.49. The highest BCUT2D eigenvalue weighted by molar-refractivity contribution is 9.10. The molecule has 154 valence electrons. The summed E-state index contributed by atoms with van der Waals surface area (Å²) in [5, 5.41) is 0. The van der Waals surface area contributed by atoms with E-state index in [-0.39, 0.29) is 40.8 Å². The van der Waals surface area contributed by atoms with Gasteiger partial charge in [-0.25, -0.2) is 4.39 Å². The minimum atomic E-state index is -4.80. The van der Waals surface area contributed by atoms with Gasteiger partial charge in [-0.2, -0.15) is 22.0 Å². The second kappa shape index (κ2) is 6.61. The molecule has 1 aromatic rings. The number of carbonyl (C=O) groups excluding carboxylic acids is 1. The number of nitrogens with zero attached hydrogens (tertiary/aromatic N) is 2. The SMILES string of the molecule is O=C1CC[C@@]2(CN3C=C(C(F)(F)F)C=C(OC(F)F)C3=N2)c2ccc(Br)c(F)c21. The van der Waals surface area contributed by atoms with Crippen LogP contribution in [0, 0.1) is 5.82 Å². The Labute approximate surface area is 168 Å². The molecule has 1 atom stereocenters. The molecule has 4 nitrogen and oxygen atoms in total. The normalized spacial score (nSPS) is 23.7. The van der Waals surface area contributed by atoms with Crippen LogP contribution in [0.1, 0.15) is 28.8 Å². The van der Waals surface area contributed by atoms with E-state index in [1.807, 2.05) is 0 Å². The standard InChI is InChI=1S/C18H11BrF6N2O2/c19-10-2-1-9-13(14(10)20)11(28)3-4-17(9)7-27-6-8(18(23,24)25)5-12(15(27)26-17)29-16(21)22/h1-2,5-6,16H,3-4,7H2/t17-/m1/s1. The molecular formula is C18H11BrF6N2O2. The molecule has 0 bridgehead atoms. The van der Waals surface area contributed by atoms with Gasteiger partial charge >= 0.3 is 12.8 Å². The summed E-state index contributed by atoms with van der Waals surface area (Å²) in [5.74, 6) is -2.20. The predicted molar refractivity (Wildman–Crippen MR) is 92.8 cm³/mol. The van der Waals surface area contributed by atoms with Crippen molar-refractivity contribution in [1.29, 1.82) is 0 Å². The highest BCUT2D eigenvalue weighted by atomic mass is 79.9. The molecule has 4 rings (SSSR count). The van der Waals surface area contributed by atoms with Crippen molar-refractivity contribution in [1.82, 2.24) is 4.90 Å². The summed E-state index contributed by atoms with van der Waals surface area (Å²) >= 11 is 3.01. The van der Waals surface area contributed by atoms with Crippen LogP contribution in [0.2, 0.25) is 0 Å². The van der Waals surface area contributed by atoms with Gasteiger partial charge in [0.25, 0.3) is 0 Å². The topological polar surface area (TPSA) is 41.9 Å². The molecule has 0 N–H and O–H groups in total. The molecule has 3 aliphatic rings. The summed E-state index contributed by atoms with van der Waals surface area (Å²) in [6.07, 6.45) is -3.59. The van der Waals surface area contributed by atoms with Gasteiger partial charge < -0.3 is 9.64 Å². The van der Waals surface area contributed by atoms with Gasteiger partial charge in [0.2, 0.25) is 0 Å². The molecule has 0 amide bonds. The fraction of sp³-hybridized carbons (Fsp3) is 0.333. The van der Waals surface area contributed by atoms with Gasteiger partial charge in [0.15, 0.2) is 17.4 Å². The van der Waals surface area contributed by atoms with Crippen molar-refractivity contribution in [3.63, 3.8) is 0 Å². The van der Waals surface area contributed by atoms with Crippen molar-refractivity contribution < 1.29 is 35.9 Å². The van der Waals surface area contributed by atoms with Crippen LogP contribution in [-0.4, -0.2) is 35.9 Å². The van der Waals surface area contributed by atoms with Crippen LogP contribution < -0.4 is 0 Å². The second-order valence-electron chi connectivity index (χ2n) is 6.77. The van der Waals surface area contributed by atoms with E-state index in [1.165, 1.54) is 12.1 Å². The summed E-state index contributed by atoms with van der Waals surface area (Å²) in [7, 11) is 0. The summed E-state index contributed by atoms with van der Waals surface area (Å²) in [5.41, 5.74) is -2.44. The lowest BCUT2D eigenvalue weighted by atomic mass is 9.76. The Morgan fingerprint density at radius 3 is 2.66 bits per heavy atom. The first kappa shape index (κ1) is 20.0. The molecule has 0 fully saturated rings. The lowest BCUT2D eigenvalue weighted by Gasteiger charge is -2.33. The molecule has 1 aromatic carbocycles. The monoisotopic (exact) mass is 480 g/mol. The van der Waals surface area contributed by atoms with Crippen LogP contribution in [0.4, 0.5) is 26.3 Å². The molecule has 1 aliphatic carbocycles. The van der Waals surface area contributed by atoms with Crippen molar-refractivity contribution in [3.8, 4) is 0 Å². The highest BCUT2D eigenvalue weighted by Crippen LogP contribution is 2.46. The number of allylic oxidation sites excluding steroid dienone is 2. The van der Waals surface area contributed by atoms with Crippen molar-refractivity contribution >= 4 is 27.5 Å². The zero-order chi connectivity index (χ0) is 21.1. The maximum atomic E-state index is 14.6. The summed E-state index contributed by atoms with van der Waals surface area (Å²) < 4.78 is 84.1. The quantitative estimate of drug-likeness (QED) is 0.555. The Balaban J connectivity index is 1.85. The Morgan fingerprint density at radius 2 is 2.00 bits per heavy atom. The third-order valence-electron chi connectivity index (χ3n) is 5.01. The number of hydrogen-bond acceptors (Lipinski definition) is 4. The van der Waals surface area contributed by atoms with E-state index in [0.29, 0.717) is 6.08 Å². The smallest absolute Gasteiger partial charge is 0.417 e. The van der Waals surface area contributed by atoms with Crippen molar-refractivity contribution in [3.05, 3.63) is 57.2 Å². The fourth-order valence-corrected chi connectivity index (χ4v) is 4.11. The number of aliphatic imine (C=N–C) groups is 1. The maximum absolute atomic E-state index is 14.6. The first-order valence-corrected chi connectivity index (χ1v) is 9.15. The molecule has 0 unspecified atom stereocenters. The van der Waals surface area contributed by atoms with Crippen LogP contribution in [0.25, 0.3) is 0 Å². The van der Waals surface area contributed by atoms with Gasteiger partial charge in [0, 0.05) is 12.6 Å². The third kappa shape index (κ3) is 3.24. The average molecular weight is 481 g/mol. The maximum Gasteiger partial charge on any atom is 0.417 e. The Morgan fingerprint density at radius 1 is 1.28 bits per heavy atom. The Hall–Kier alpha value is -2.30. The van der Waals surface area contributed by atoms with E-state index in [1.54, 1.807) is 0 Å². The molecular weight excluding hydrogens is 470 g/mol. The number of rotatable bonds is 2. The van der Waals surface area contributed by atoms with Gasteiger partial charge in [-0.3, -0.25) is 9.79 Å². The third-order valence-corrected chi connectivity index (χ3v) is 5.62. The average Bonchev–Trinajstić information content (AvgIpc) is 2.99. The van der Waals surface area contributed by atoms with Gasteiger partial charge in [0.05, 0.1) is 22.2 Å². The number of Topliss-reactive ketones (excluding diaryl/α,β-unsaturated/α-hetero) is 1. The van der Waals surface area contributed by atoms with Crippen LogP contribution in [0.15, 0.2) is 45.2 Å². The number of alkyl halides is 5. The first-order chi connectivity index (χ1) is 13.5. The molecule has 0 saturated carbocycles. The van der Waals surface area contributed by atoms with Crippen molar-refractivity contribution in [2.75, 3.05) is 6.54 Å². The van der Waals surface area contributed by atoms with Gasteiger partial charge in [-0.1, -0.05) is 6.07 Å². The number of fused-ring (bicyclic) bond motifs is 3. The minimum absolute atomic E-state index is 0.0610. The zero-order valence-electron chi connectivity index (χ0n) is 14.4. The van der Waals surface area contributed by atoms with Crippen LogP contribution in [-0.2, 0) is 10.3 Å². The second-order valence-corrected chi connectivity index (χ2v) is 7.63. The Bertz CT molecular complexity index is 1000. The van der Waals surface area contributed by atoms with E-state index in [0.717, 1.165) is 11.1 Å². The zero-order valence-corrected chi connectivity index (χ0v) is 16.0. The van der Waals surface area contributed by atoms with E-state index in [2.05, 4.69) is 25.7 Å². The van der Waals surface area contributed by atoms with Crippen LogP contribution in [0.3, 0.4) is 0 Å². The molecule has 0 aromatic heterocycles. The number of carbonyl (C=O) groups is 1.